The van der Waals surface area contributed by atoms with Crippen molar-refractivity contribution < 1.29 is 4.79 Å². The maximum Gasteiger partial charge on any atom is 0.251 e. The van der Waals surface area contributed by atoms with Gasteiger partial charge < -0.3 is 15.2 Å². The van der Waals surface area contributed by atoms with Gasteiger partial charge in [-0.15, -0.1) is 0 Å². The predicted octanol–water partition coefficient (Wildman–Crippen LogP) is 2.26. The third-order valence-corrected chi connectivity index (χ3v) is 3.10. The van der Waals surface area contributed by atoms with Gasteiger partial charge in [-0.25, -0.2) is 4.98 Å². The topological polar surface area (TPSA) is 59.0 Å². The highest BCUT2D eigenvalue weighted by molar-refractivity contribution is 5.94. The zero-order valence-electron chi connectivity index (χ0n) is 11.9. The SMILES string of the molecule is CCNC(=O)c1ccc(NCc2cncn2CC)cc1. The van der Waals surface area contributed by atoms with Crippen LogP contribution in [0.25, 0.3) is 0 Å². The highest BCUT2D eigenvalue weighted by Crippen LogP contribution is 2.11. The van der Waals surface area contributed by atoms with E-state index in [-0.39, 0.29) is 5.91 Å². The molecule has 1 aromatic carbocycles. The van der Waals surface area contributed by atoms with Gasteiger partial charge in [-0.3, -0.25) is 4.79 Å². The number of rotatable bonds is 6. The first-order chi connectivity index (χ1) is 9.74. The number of carbonyl (C=O) groups excluding carboxylic acids is 1. The van der Waals surface area contributed by atoms with Gasteiger partial charge in [-0.05, 0) is 38.1 Å². The summed E-state index contributed by atoms with van der Waals surface area (Å²) in [5.74, 6) is -0.0388. The number of imidazole rings is 1. The Bertz CT molecular complexity index is 560. The number of amides is 1. The number of hydrogen-bond acceptors (Lipinski definition) is 3. The van der Waals surface area contributed by atoms with E-state index in [4.69, 9.17) is 0 Å². The second-order valence-corrected chi connectivity index (χ2v) is 4.46. The average Bonchev–Trinajstić information content (AvgIpc) is 2.93. The Balaban J connectivity index is 1.95. The molecule has 0 saturated heterocycles. The summed E-state index contributed by atoms with van der Waals surface area (Å²) in [5.41, 5.74) is 2.80. The highest BCUT2D eigenvalue weighted by atomic mass is 16.1. The zero-order valence-corrected chi connectivity index (χ0v) is 11.9. The molecule has 2 N–H and O–H groups in total. The molecule has 5 nitrogen and oxygen atoms in total. The molecular formula is C15H20N4O. The van der Waals surface area contributed by atoms with Crippen molar-refractivity contribution in [3.8, 4) is 0 Å². The van der Waals surface area contributed by atoms with Gasteiger partial charge in [0.15, 0.2) is 0 Å². The maximum atomic E-state index is 11.6. The van der Waals surface area contributed by atoms with Crippen LogP contribution < -0.4 is 10.6 Å². The van der Waals surface area contributed by atoms with Crippen LogP contribution in [0, 0.1) is 0 Å². The standard InChI is InChI=1S/C15H20N4O/c1-3-17-15(20)12-5-7-13(8-6-12)18-10-14-9-16-11-19(14)4-2/h5-9,11,18H,3-4,10H2,1-2H3,(H,17,20). The Morgan fingerprint density at radius 1 is 1.25 bits per heavy atom. The third-order valence-electron chi connectivity index (χ3n) is 3.10. The minimum absolute atomic E-state index is 0.0388. The normalized spacial score (nSPS) is 10.3. The summed E-state index contributed by atoms with van der Waals surface area (Å²) in [7, 11) is 0. The predicted molar refractivity (Wildman–Crippen MR) is 79.7 cm³/mol. The van der Waals surface area contributed by atoms with E-state index in [0.717, 1.165) is 17.9 Å². The first-order valence-corrected chi connectivity index (χ1v) is 6.85. The maximum absolute atomic E-state index is 11.6. The lowest BCUT2D eigenvalue weighted by Crippen LogP contribution is -2.22. The van der Waals surface area contributed by atoms with Crippen LogP contribution >= 0.6 is 0 Å². The molecule has 0 bridgehead atoms. The molecule has 0 saturated carbocycles. The number of nitrogens with zero attached hydrogens (tertiary/aromatic N) is 2. The van der Waals surface area contributed by atoms with E-state index >= 15 is 0 Å². The molecule has 1 heterocycles. The first-order valence-electron chi connectivity index (χ1n) is 6.85. The Hall–Kier alpha value is -2.30. The molecule has 0 aliphatic carbocycles. The average molecular weight is 272 g/mol. The fourth-order valence-corrected chi connectivity index (χ4v) is 1.97. The van der Waals surface area contributed by atoms with Gasteiger partial charge in [0.05, 0.1) is 18.6 Å². The molecule has 106 valence electrons. The van der Waals surface area contributed by atoms with E-state index in [0.29, 0.717) is 18.7 Å². The van der Waals surface area contributed by atoms with Crippen molar-refractivity contribution in [1.82, 2.24) is 14.9 Å². The Morgan fingerprint density at radius 3 is 2.65 bits per heavy atom. The van der Waals surface area contributed by atoms with Gasteiger partial charge in [-0.1, -0.05) is 0 Å². The molecule has 1 aromatic heterocycles. The molecule has 0 aliphatic heterocycles. The molecule has 5 heteroatoms. The van der Waals surface area contributed by atoms with Crippen LogP contribution in [0.3, 0.4) is 0 Å². The van der Waals surface area contributed by atoms with E-state index in [9.17, 15) is 4.79 Å². The fourth-order valence-electron chi connectivity index (χ4n) is 1.97. The van der Waals surface area contributed by atoms with Gasteiger partial charge in [0, 0.05) is 30.5 Å². The number of carbonyl (C=O) groups is 1. The lowest BCUT2D eigenvalue weighted by Gasteiger charge is -2.09. The molecule has 0 atom stereocenters. The summed E-state index contributed by atoms with van der Waals surface area (Å²) in [6.07, 6.45) is 3.69. The Labute approximate surface area is 119 Å². The molecule has 0 unspecified atom stereocenters. The van der Waals surface area contributed by atoms with E-state index in [1.165, 1.54) is 0 Å². The van der Waals surface area contributed by atoms with E-state index < -0.39 is 0 Å². The minimum atomic E-state index is -0.0388. The summed E-state index contributed by atoms with van der Waals surface area (Å²) >= 11 is 0. The lowest BCUT2D eigenvalue weighted by atomic mass is 10.2. The van der Waals surface area contributed by atoms with Crippen LogP contribution in [0.15, 0.2) is 36.8 Å². The zero-order chi connectivity index (χ0) is 14.4. The van der Waals surface area contributed by atoms with Crippen molar-refractivity contribution >= 4 is 11.6 Å². The molecule has 0 fully saturated rings. The highest BCUT2D eigenvalue weighted by Gasteiger charge is 2.04. The largest absolute Gasteiger partial charge is 0.379 e. The number of benzene rings is 1. The number of nitrogens with one attached hydrogen (secondary N) is 2. The molecule has 0 aliphatic rings. The van der Waals surface area contributed by atoms with Gasteiger partial charge >= 0.3 is 0 Å². The van der Waals surface area contributed by atoms with Crippen LogP contribution in [0.1, 0.15) is 29.9 Å². The van der Waals surface area contributed by atoms with Crippen molar-refractivity contribution in [2.45, 2.75) is 26.9 Å². The van der Waals surface area contributed by atoms with Crippen molar-refractivity contribution in [2.24, 2.45) is 0 Å². The van der Waals surface area contributed by atoms with Crippen LogP contribution in [0.5, 0.6) is 0 Å². The van der Waals surface area contributed by atoms with E-state index in [1.807, 2.05) is 43.7 Å². The van der Waals surface area contributed by atoms with E-state index in [1.54, 1.807) is 0 Å². The third kappa shape index (κ3) is 3.38. The van der Waals surface area contributed by atoms with Crippen LogP contribution in [0.2, 0.25) is 0 Å². The van der Waals surface area contributed by atoms with Gasteiger partial charge in [0.2, 0.25) is 0 Å². The van der Waals surface area contributed by atoms with Crippen molar-refractivity contribution in [3.63, 3.8) is 0 Å². The number of hydrogen-bond donors (Lipinski definition) is 2. The van der Waals surface area contributed by atoms with E-state index in [2.05, 4.69) is 27.1 Å². The minimum Gasteiger partial charge on any atom is -0.379 e. The summed E-state index contributed by atoms with van der Waals surface area (Å²) < 4.78 is 2.09. The molecule has 2 rings (SSSR count). The lowest BCUT2D eigenvalue weighted by molar-refractivity contribution is 0.0956. The van der Waals surface area contributed by atoms with Crippen molar-refractivity contribution in [3.05, 3.63) is 48.0 Å². The van der Waals surface area contributed by atoms with Crippen molar-refractivity contribution in [2.75, 3.05) is 11.9 Å². The second kappa shape index (κ2) is 6.75. The number of aromatic nitrogens is 2. The Morgan fingerprint density at radius 2 is 2.00 bits per heavy atom. The summed E-state index contributed by atoms with van der Waals surface area (Å²) in [5, 5.41) is 6.11. The molecule has 1 amide bonds. The smallest absolute Gasteiger partial charge is 0.251 e. The first kappa shape index (κ1) is 14.1. The quantitative estimate of drug-likeness (QED) is 0.848. The monoisotopic (exact) mass is 272 g/mol. The van der Waals surface area contributed by atoms with Crippen LogP contribution in [-0.4, -0.2) is 22.0 Å². The molecule has 0 spiro atoms. The molecule has 0 radical (unpaired) electrons. The molecular weight excluding hydrogens is 252 g/mol. The summed E-state index contributed by atoms with van der Waals surface area (Å²) in [6.45, 7) is 6.26. The molecule has 2 aromatic rings. The van der Waals surface area contributed by atoms with Gasteiger partial charge in [-0.2, -0.15) is 0 Å². The van der Waals surface area contributed by atoms with Gasteiger partial charge in [0.25, 0.3) is 5.91 Å². The van der Waals surface area contributed by atoms with Gasteiger partial charge in [0.1, 0.15) is 0 Å². The summed E-state index contributed by atoms with van der Waals surface area (Å²) in [6, 6.07) is 7.48. The van der Waals surface area contributed by atoms with Crippen LogP contribution in [0.4, 0.5) is 5.69 Å². The number of aryl methyl sites for hydroxylation is 1. The fraction of sp³-hybridized carbons (Fsp3) is 0.333. The molecule has 20 heavy (non-hydrogen) atoms. The van der Waals surface area contributed by atoms with Crippen molar-refractivity contribution in [1.29, 1.82) is 0 Å². The second-order valence-electron chi connectivity index (χ2n) is 4.46. The Kier molecular flexibility index (Phi) is 4.76. The number of anilines is 1. The summed E-state index contributed by atoms with van der Waals surface area (Å²) in [4.78, 5) is 15.8. The van der Waals surface area contributed by atoms with Crippen LogP contribution in [-0.2, 0) is 13.1 Å².